The lowest BCUT2D eigenvalue weighted by Gasteiger charge is -2.19. The van der Waals surface area contributed by atoms with Crippen molar-refractivity contribution in [3.8, 4) is 0 Å². The Morgan fingerprint density at radius 1 is 1.29 bits per heavy atom. The molecule has 0 saturated heterocycles. The Bertz CT molecular complexity index is 338. The molecule has 0 bridgehead atoms. The van der Waals surface area contributed by atoms with Gasteiger partial charge in [0.2, 0.25) is 0 Å². The maximum atomic E-state index is 11.8. The first kappa shape index (κ1) is 8.42. The van der Waals surface area contributed by atoms with Crippen molar-refractivity contribution >= 4 is 5.78 Å². The normalized spacial score (nSPS) is 35.9. The molecule has 2 aliphatic carbocycles. The van der Waals surface area contributed by atoms with Crippen LogP contribution in [-0.4, -0.2) is 18.0 Å². The van der Waals surface area contributed by atoms with E-state index in [9.17, 15) is 4.79 Å². The number of hydrogen-bond acceptors (Lipinski definition) is 2. The molecule has 0 amide bonds. The average molecular weight is 190 g/mol. The lowest BCUT2D eigenvalue weighted by Crippen LogP contribution is -2.22. The van der Waals surface area contributed by atoms with E-state index in [1.807, 2.05) is 0 Å². The number of ketones is 1. The van der Waals surface area contributed by atoms with E-state index in [2.05, 4.69) is 12.2 Å². The minimum Gasteiger partial charge on any atom is -0.365 e. The second-order valence-corrected chi connectivity index (χ2v) is 4.28. The molecule has 1 aliphatic heterocycles. The average Bonchev–Trinajstić information content (AvgIpc) is 2.57. The van der Waals surface area contributed by atoms with Gasteiger partial charge in [-0.2, -0.15) is 0 Å². The summed E-state index contributed by atoms with van der Waals surface area (Å²) in [7, 11) is 0. The van der Waals surface area contributed by atoms with Gasteiger partial charge in [0.1, 0.15) is 0 Å². The molecule has 1 saturated carbocycles. The smallest absolute Gasteiger partial charge is 0.161 e. The molecule has 0 aromatic carbocycles. The lowest BCUT2D eigenvalue weighted by atomic mass is 9.86. The van der Waals surface area contributed by atoms with Crippen LogP contribution in [0.3, 0.4) is 0 Å². The summed E-state index contributed by atoms with van der Waals surface area (Å²) in [6.07, 6.45) is 9.51. The summed E-state index contributed by atoms with van der Waals surface area (Å²) in [5, 5.41) is 0. The highest BCUT2D eigenvalue weighted by Crippen LogP contribution is 2.39. The summed E-state index contributed by atoms with van der Waals surface area (Å²) in [4.78, 5) is 11.8. The highest BCUT2D eigenvalue weighted by molar-refractivity contribution is 5.99. The van der Waals surface area contributed by atoms with Gasteiger partial charge in [0.05, 0.1) is 12.2 Å². The van der Waals surface area contributed by atoms with Crippen LogP contribution in [0.2, 0.25) is 0 Å². The summed E-state index contributed by atoms with van der Waals surface area (Å²) in [5.74, 6) is 0.324. The van der Waals surface area contributed by atoms with E-state index >= 15 is 0 Å². The Kier molecular flexibility index (Phi) is 1.84. The van der Waals surface area contributed by atoms with Gasteiger partial charge in [-0.15, -0.1) is 0 Å². The van der Waals surface area contributed by atoms with Crippen molar-refractivity contribution in [2.75, 3.05) is 0 Å². The predicted molar refractivity (Wildman–Crippen MR) is 52.9 cm³/mol. The largest absolute Gasteiger partial charge is 0.365 e. The third-order valence-electron chi connectivity index (χ3n) is 3.37. The fraction of sp³-hybridized carbons (Fsp3) is 0.583. The van der Waals surface area contributed by atoms with Crippen LogP contribution in [0.15, 0.2) is 23.3 Å². The van der Waals surface area contributed by atoms with E-state index in [0.717, 1.165) is 37.7 Å². The molecule has 0 radical (unpaired) electrons. The third-order valence-corrected chi connectivity index (χ3v) is 3.37. The molecule has 0 spiro atoms. The van der Waals surface area contributed by atoms with Crippen LogP contribution in [-0.2, 0) is 9.53 Å². The molecule has 3 rings (SSSR count). The minimum absolute atomic E-state index is 0.124. The molecule has 74 valence electrons. The zero-order valence-electron chi connectivity index (χ0n) is 8.16. The summed E-state index contributed by atoms with van der Waals surface area (Å²) >= 11 is 0. The number of carbonyl (C=O) groups is 1. The van der Waals surface area contributed by atoms with Crippen LogP contribution >= 0.6 is 0 Å². The molecule has 2 heteroatoms. The van der Waals surface area contributed by atoms with Gasteiger partial charge in [0, 0.05) is 12.0 Å². The van der Waals surface area contributed by atoms with Gasteiger partial charge in [-0.3, -0.25) is 4.79 Å². The Labute approximate surface area is 83.6 Å². The molecule has 3 aliphatic rings. The van der Waals surface area contributed by atoms with Crippen molar-refractivity contribution in [3.63, 3.8) is 0 Å². The van der Waals surface area contributed by atoms with Gasteiger partial charge < -0.3 is 4.74 Å². The van der Waals surface area contributed by atoms with E-state index in [1.165, 1.54) is 5.57 Å². The lowest BCUT2D eigenvalue weighted by molar-refractivity contribution is -0.118. The Morgan fingerprint density at radius 3 is 3.14 bits per heavy atom. The molecular formula is C12H14O2. The molecule has 2 nitrogen and oxygen atoms in total. The maximum absolute atomic E-state index is 11.8. The van der Waals surface area contributed by atoms with E-state index in [4.69, 9.17) is 4.74 Å². The van der Waals surface area contributed by atoms with Gasteiger partial charge >= 0.3 is 0 Å². The molecule has 1 heterocycles. The summed E-state index contributed by atoms with van der Waals surface area (Å²) in [5.41, 5.74) is 2.18. The van der Waals surface area contributed by atoms with Crippen molar-refractivity contribution in [1.82, 2.24) is 0 Å². The number of fused-ring (bicyclic) bond motifs is 2. The monoisotopic (exact) mass is 190 g/mol. The number of allylic oxidation sites excluding steroid dienone is 1. The van der Waals surface area contributed by atoms with E-state index in [1.54, 1.807) is 0 Å². The Hall–Kier alpha value is -0.890. The first-order valence-electron chi connectivity index (χ1n) is 5.45. The molecule has 2 atom stereocenters. The second kappa shape index (κ2) is 3.06. The molecule has 14 heavy (non-hydrogen) atoms. The van der Waals surface area contributed by atoms with Crippen molar-refractivity contribution < 1.29 is 9.53 Å². The quantitative estimate of drug-likeness (QED) is 0.585. The maximum Gasteiger partial charge on any atom is 0.161 e. The van der Waals surface area contributed by atoms with Crippen LogP contribution in [0.5, 0.6) is 0 Å². The van der Waals surface area contributed by atoms with Crippen LogP contribution < -0.4 is 0 Å². The SMILES string of the molecule is O=C1CCCC2OC3CCC=CC3=C12. The van der Waals surface area contributed by atoms with Gasteiger partial charge in [-0.25, -0.2) is 0 Å². The van der Waals surface area contributed by atoms with Crippen LogP contribution in [0, 0.1) is 0 Å². The fourth-order valence-electron chi connectivity index (χ4n) is 2.71. The zero-order chi connectivity index (χ0) is 9.54. The molecular weight excluding hydrogens is 176 g/mol. The topological polar surface area (TPSA) is 26.3 Å². The highest BCUT2D eigenvalue weighted by Gasteiger charge is 2.38. The molecule has 1 fully saturated rings. The standard InChI is InChI=1S/C12H14O2/c13-9-5-3-7-11-12(9)8-4-1-2-6-10(8)14-11/h1,4,10-11H,2-3,5-7H2. The van der Waals surface area contributed by atoms with Gasteiger partial charge in [-0.1, -0.05) is 12.2 Å². The van der Waals surface area contributed by atoms with Gasteiger partial charge in [0.15, 0.2) is 5.78 Å². The van der Waals surface area contributed by atoms with Crippen LogP contribution in [0.1, 0.15) is 32.1 Å². The van der Waals surface area contributed by atoms with E-state index < -0.39 is 0 Å². The number of Topliss-reactive ketones (excluding diaryl/α,β-unsaturated/α-hetero) is 1. The summed E-state index contributed by atoms with van der Waals surface area (Å²) < 4.78 is 5.89. The summed E-state index contributed by atoms with van der Waals surface area (Å²) in [6.45, 7) is 0. The molecule has 0 aromatic heterocycles. The van der Waals surface area contributed by atoms with Gasteiger partial charge in [0.25, 0.3) is 0 Å². The second-order valence-electron chi connectivity index (χ2n) is 4.28. The van der Waals surface area contributed by atoms with E-state index in [-0.39, 0.29) is 12.2 Å². The van der Waals surface area contributed by atoms with E-state index in [0.29, 0.717) is 5.78 Å². The van der Waals surface area contributed by atoms with Crippen molar-refractivity contribution in [1.29, 1.82) is 0 Å². The molecule has 0 aromatic rings. The minimum atomic E-state index is 0.124. The van der Waals surface area contributed by atoms with Gasteiger partial charge in [-0.05, 0) is 31.3 Å². The first-order valence-corrected chi connectivity index (χ1v) is 5.45. The van der Waals surface area contributed by atoms with Crippen LogP contribution in [0.25, 0.3) is 0 Å². The van der Waals surface area contributed by atoms with Crippen molar-refractivity contribution in [2.45, 2.75) is 44.3 Å². The Balaban J connectivity index is 2.05. The van der Waals surface area contributed by atoms with Crippen molar-refractivity contribution in [3.05, 3.63) is 23.3 Å². The zero-order valence-corrected chi connectivity index (χ0v) is 8.16. The fourth-order valence-corrected chi connectivity index (χ4v) is 2.71. The first-order chi connectivity index (χ1) is 6.86. The highest BCUT2D eigenvalue weighted by atomic mass is 16.5. The third kappa shape index (κ3) is 1.10. The molecule has 2 unspecified atom stereocenters. The van der Waals surface area contributed by atoms with Crippen molar-refractivity contribution in [2.24, 2.45) is 0 Å². The predicted octanol–water partition coefficient (Wildman–Crippen LogP) is 2.15. The number of rotatable bonds is 0. The number of carbonyl (C=O) groups excluding carboxylic acids is 1. The Morgan fingerprint density at radius 2 is 2.21 bits per heavy atom. The molecule has 0 N–H and O–H groups in total. The number of hydrogen-bond donors (Lipinski definition) is 0. The van der Waals surface area contributed by atoms with Crippen LogP contribution in [0.4, 0.5) is 0 Å². The summed E-state index contributed by atoms with van der Waals surface area (Å²) in [6, 6.07) is 0. The number of ether oxygens (including phenoxy) is 1.